The zero-order chi connectivity index (χ0) is 11.3. The van der Waals surface area contributed by atoms with Crippen molar-refractivity contribution in [3.63, 3.8) is 0 Å². The quantitative estimate of drug-likeness (QED) is 0.618. The van der Waals surface area contributed by atoms with Crippen molar-refractivity contribution in [2.75, 3.05) is 0 Å². The average molecular weight is 290 g/mol. The molecule has 1 aromatic rings. The van der Waals surface area contributed by atoms with Crippen molar-refractivity contribution < 1.29 is 23.4 Å². The van der Waals surface area contributed by atoms with Crippen LogP contribution < -0.4 is 0 Å². The van der Waals surface area contributed by atoms with Crippen molar-refractivity contribution in [2.24, 2.45) is 0 Å². The fraction of sp³-hybridized carbons (Fsp3) is 0.250. The molecule has 0 radical (unpaired) electrons. The van der Waals surface area contributed by atoms with Crippen LogP contribution in [0.25, 0.3) is 0 Å². The topological polar surface area (TPSA) is 83.8 Å². The summed E-state index contributed by atoms with van der Waals surface area (Å²) in [7, 11) is -5.98. The summed E-state index contributed by atoms with van der Waals surface area (Å²) in [5.41, 5.74) is 0.735. The van der Waals surface area contributed by atoms with Gasteiger partial charge in [-0.3, -0.25) is 9.13 Å². The molecule has 0 saturated carbocycles. The summed E-state index contributed by atoms with van der Waals surface area (Å²) in [6.45, 7) is 0. The van der Waals surface area contributed by atoms with Gasteiger partial charge in [0.05, 0.1) is 0 Å². The number of hydrogen-bond acceptors (Lipinski definition) is 3. The second-order valence-electron chi connectivity index (χ2n) is 2.97. The van der Waals surface area contributed by atoms with E-state index in [9.17, 15) is 9.13 Å². The van der Waals surface area contributed by atoms with Crippen LogP contribution in [0.1, 0.15) is 5.56 Å². The molecule has 2 atom stereocenters. The minimum atomic E-state index is -4.36. The molecule has 0 aromatic heterocycles. The molecule has 0 amide bonds. The van der Waals surface area contributed by atoms with E-state index in [-0.39, 0.29) is 57.8 Å². The molecule has 0 aliphatic rings. The first kappa shape index (κ1) is 17.2. The summed E-state index contributed by atoms with van der Waals surface area (Å²) >= 11 is 0. The summed E-state index contributed by atoms with van der Waals surface area (Å²) in [4.78, 5) is 17.9. The van der Waals surface area contributed by atoms with E-state index in [1.54, 1.807) is 30.3 Å². The van der Waals surface area contributed by atoms with E-state index in [4.69, 9.17) is 9.79 Å². The fourth-order valence-electron chi connectivity index (χ4n) is 1.13. The molecule has 0 saturated heterocycles. The molecule has 2 unspecified atom stereocenters. The first-order valence-electron chi connectivity index (χ1n) is 4.22. The molecule has 0 aliphatic carbocycles. The van der Waals surface area contributed by atoms with Gasteiger partial charge in [0.15, 0.2) is 14.5 Å². The van der Waals surface area contributed by atoms with Crippen molar-refractivity contribution in [3.8, 4) is 0 Å². The van der Waals surface area contributed by atoms with Gasteiger partial charge in [-0.05, 0) is 5.56 Å². The van der Waals surface area contributed by atoms with Gasteiger partial charge >= 0.3 is 59.0 Å². The number of benzene rings is 1. The Labute approximate surface area is 137 Å². The van der Waals surface area contributed by atoms with Gasteiger partial charge in [-0.2, -0.15) is 0 Å². The number of rotatable bonds is 5. The summed E-state index contributed by atoms with van der Waals surface area (Å²) in [6.07, 6.45) is 0.0559. The van der Waals surface area contributed by atoms with Crippen molar-refractivity contribution in [2.45, 2.75) is 12.3 Å². The van der Waals surface area contributed by atoms with Crippen LogP contribution in [0.15, 0.2) is 30.3 Å². The van der Waals surface area contributed by atoms with Crippen LogP contribution in [0.4, 0.5) is 0 Å². The van der Waals surface area contributed by atoms with Crippen LogP contribution >= 0.6 is 16.3 Å². The van der Waals surface area contributed by atoms with Gasteiger partial charge in [0.1, 0.15) is 0 Å². The average Bonchev–Trinajstić information content (AvgIpc) is 2.17. The zero-order valence-electron chi connectivity index (χ0n) is 7.81. The van der Waals surface area contributed by atoms with E-state index >= 15 is 0 Å². The van der Waals surface area contributed by atoms with E-state index in [2.05, 4.69) is 4.52 Å². The predicted molar refractivity (Wildman–Crippen MR) is 64.6 cm³/mol. The molecule has 0 heterocycles. The van der Waals surface area contributed by atoms with Gasteiger partial charge in [0.25, 0.3) is 0 Å². The van der Waals surface area contributed by atoms with Gasteiger partial charge in [-0.15, -0.1) is 0 Å². The molecule has 1 rings (SSSR count). The maximum atomic E-state index is 11.0. The molecule has 1 aromatic carbocycles. The van der Waals surface area contributed by atoms with Crippen LogP contribution in [-0.4, -0.2) is 67.0 Å². The van der Waals surface area contributed by atoms with Crippen LogP contribution in [0, 0.1) is 0 Å². The van der Waals surface area contributed by atoms with Crippen LogP contribution in [-0.2, 0) is 20.1 Å². The molecule has 8 heteroatoms. The molecule has 2 N–H and O–H groups in total. The third-order valence-corrected chi connectivity index (χ3v) is 3.56. The number of hydrogen-bond donors (Lipinski definition) is 2. The van der Waals surface area contributed by atoms with E-state index in [1.165, 1.54) is 0 Å². The maximum absolute atomic E-state index is 11.0. The van der Waals surface area contributed by atoms with E-state index in [1.807, 2.05) is 0 Å². The summed E-state index contributed by atoms with van der Waals surface area (Å²) in [6, 6.07) is 8.78. The molecule has 0 spiro atoms. The van der Waals surface area contributed by atoms with Gasteiger partial charge in [-0.25, -0.2) is 0 Å². The molecular weight excluding hydrogens is 277 g/mol. The SMILES string of the molecule is O=[PH2]OC(Cc1ccccc1)P(=O)(O)O.[KH]. The summed E-state index contributed by atoms with van der Waals surface area (Å²) < 4.78 is 25.8. The Morgan fingerprint density at radius 3 is 2.31 bits per heavy atom. The molecule has 16 heavy (non-hydrogen) atoms. The van der Waals surface area contributed by atoms with E-state index in [0.717, 1.165) is 5.56 Å². The van der Waals surface area contributed by atoms with Crippen LogP contribution in [0.3, 0.4) is 0 Å². The van der Waals surface area contributed by atoms with Crippen LogP contribution in [0.5, 0.6) is 0 Å². The third kappa shape index (κ3) is 6.22. The van der Waals surface area contributed by atoms with Crippen molar-refractivity contribution in [3.05, 3.63) is 35.9 Å². The Morgan fingerprint density at radius 2 is 1.88 bits per heavy atom. The molecule has 5 nitrogen and oxygen atoms in total. The second kappa shape index (κ2) is 8.32. The van der Waals surface area contributed by atoms with Crippen LogP contribution in [0.2, 0.25) is 0 Å². The standard InChI is InChI=1S/C8H12O5P2.K.H/c9-14-13-8(15(10,11)12)6-7-4-2-1-3-5-7;;/h1-5,8H,6,14H2,(H2,10,11,12);;. The molecule has 0 bridgehead atoms. The summed E-state index contributed by atoms with van der Waals surface area (Å²) in [5, 5.41) is 0. The zero-order valence-corrected chi connectivity index (χ0v) is 9.86. The monoisotopic (exact) mass is 290 g/mol. The Morgan fingerprint density at radius 1 is 1.31 bits per heavy atom. The van der Waals surface area contributed by atoms with Crippen molar-refractivity contribution in [1.82, 2.24) is 0 Å². The Kier molecular flexibility index (Phi) is 8.95. The van der Waals surface area contributed by atoms with E-state index in [0.29, 0.717) is 0 Å². The Balaban J connectivity index is 0.00000225. The Bertz CT molecular complexity index is 366. The molecular formula is C8H13KO5P2. The normalized spacial score (nSPS) is 13.6. The van der Waals surface area contributed by atoms with E-state index < -0.39 is 22.1 Å². The van der Waals surface area contributed by atoms with Gasteiger partial charge in [0, 0.05) is 6.42 Å². The molecule has 0 aliphatic heterocycles. The van der Waals surface area contributed by atoms with Gasteiger partial charge in [-0.1, -0.05) is 30.3 Å². The molecule has 86 valence electrons. The Hall–Kier alpha value is 1.20. The van der Waals surface area contributed by atoms with Gasteiger partial charge in [0.2, 0.25) is 0 Å². The first-order valence-corrected chi connectivity index (χ1v) is 6.84. The van der Waals surface area contributed by atoms with Crippen molar-refractivity contribution in [1.29, 1.82) is 0 Å². The predicted octanol–water partition coefficient (Wildman–Crippen LogP) is 0.772. The van der Waals surface area contributed by atoms with Crippen molar-refractivity contribution >= 4 is 67.7 Å². The second-order valence-corrected chi connectivity index (χ2v) is 5.18. The van der Waals surface area contributed by atoms with Gasteiger partial charge < -0.3 is 14.3 Å². The first-order chi connectivity index (χ1) is 7.04. The molecule has 0 fully saturated rings. The summed E-state index contributed by atoms with van der Waals surface area (Å²) in [5.74, 6) is -1.31. The fourth-order valence-corrected chi connectivity index (χ4v) is 2.58. The third-order valence-electron chi connectivity index (χ3n) is 1.84. The minimum absolute atomic E-state index is 0.